The van der Waals surface area contributed by atoms with E-state index in [2.05, 4.69) is 4.72 Å². The van der Waals surface area contributed by atoms with Gasteiger partial charge in [-0.15, -0.1) is 0 Å². The van der Waals surface area contributed by atoms with E-state index in [-0.39, 0.29) is 22.8 Å². The zero-order chi connectivity index (χ0) is 14.8. The summed E-state index contributed by atoms with van der Waals surface area (Å²) in [4.78, 5) is -0.116. The molecule has 0 heterocycles. The quantitative estimate of drug-likeness (QED) is 0.852. The minimum atomic E-state index is -3.80. The van der Waals surface area contributed by atoms with Crippen molar-refractivity contribution >= 4 is 10.0 Å². The maximum absolute atomic E-state index is 13.8. The molecule has 0 bridgehead atoms. The molecule has 0 aliphatic rings. The van der Waals surface area contributed by atoms with E-state index in [1.54, 1.807) is 13.8 Å². The van der Waals surface area contributed by atoms with E-state index < -0.39 is 21.4 Å². The van der Waals surface area contributed by atoms with Crippen LogP contribution in [-0.4, -0.2) is 27.6 Å². The Morgan fingerprint density at radius 3 is 2.47 bits per heavy atom. The molecule has 0 aliphatic heterocycles. The van der Waals surface area contributed by atoms with Crippen molar-refractivity contribution in [3.63, 3.8) is 0 Å². The van der Waals surface area contributed by atoms with Gasteiger partial charge in [-0.2, -0.15) is 0 Å². The highest BCUT2D eigenvalue weighted by atomic mass is 32.2. The summed E-state index contributed by atoms with van der Waals surface area (Å²) in [6.07, 6.45) is 0. The lowest BCUT2D eigenvalue weighted by molar-refractivity contribution is 0.384. The van der Waals surface area contributed by atoms with Gasteiger partial charge in [0.2, 0.25) is 10.0 Å². The van der Waals surface area contributed by atoms with Crippen LogP contribution >= 0.6 is 0 Å². The first kappa shape index (κ1) is 15.9. The molecule has 0 radical (unpaired) electrons. The molecule has 1 aromatic carbocycles. The molecule has 0 saturated heterocycles. The van der Waals surface area contributed by atoms with Crippen LogP contribution in [0.4, 0.5) is 4.39 Å². The highest BCUT2D eigenvalue weighted by molar-refractivity contribution is 7.89. The second kappa shape index (κ2) is 5.44. The Morgan fingerprint density at radius 2 is 2.00 bits per heavy atom. The summed E-state index contributed by atoms with van der Waals surface area (Å²) in [5.74, 6) is -0.673. The molecular weight excluding hydrogens is 271 g/mol. The number of benzene rings is 1. The van der Waals surface area contributed by atoms with Gasteiger partial charge in [-0.05, 0) is 32.9 Å². The minimum Gasteiger partial charge on any atom is -0.494 e. The molecule has 1 rings (SSSR count). The van der Waals surface area contributed by atoms with E-state index in [0.717, 1.165) is 0 Å². The first-order valence-electron chi connectivity index (χ1n) is 5.70. The third-order valence-electron chi connectivity index (χ3n) is 2.53. The average Bonchev–Trinajstić information content (AvgIpc) is 2.29. The van der Waals surface area contributed by atoms with Crippen LogP contribution in [0.5, 0.6) is 5.75 Å². The number of methoxy groups -OCH3 is 1. The standard InChI is InChI=1S/C12H19FN2O3S/c1-8-10(6-5-9(18-4)11(8)13)19(16,17)15-7-12(2,3)14/h5-6,15H,7,14H2,1-4H3. The van der Waals surface area contributed by atoms with Crippen LogP contribution < -0.4 is 15.2 Å². The summed E-state index contributed by atoms with van der Waals surface area (Å²) in [7, 11) is -2.48. The van der Waals surface area contributed by atoms with Crippen molar-refractivity contribution in [1.29, 1.82) is 0 Å². The molecule has 3 N–H and O–H groups in total. The lowest BCUT2D eigenvalue weighted by atomic mass is 10.1. The average molecular weight is 290 g/mol. The fraction of sp³-hybridized carbons (Fsp3) is 0.500. The van der Waals surface area contributed by atoms with Crippen LogP contribution in [0, 0.1) is 12.7 Å². The molecule has 0 fully saturated rings. The van der Waals surface area contributed by atoms with Crippen molar-refractivity contribution in [3.05, 3.63) is 23.5 Å². The van der Waals surface area contributed by atoms with Gasteiger partial charge in [-0.25, -0.2) is 17.5 Å². The van der Waals surface area contributed by atoms with Crippen molar-refractivity contribution < 1.29 is 17.5 Å². The Balaban J connectivity index is 3.13. The van der Waals surface area contributed by atoms with Crippen molar-refractivity contribution in [2.24, 2.45) is 5.73 Å². The van der Waals surface area contributed by atoms with Crippen molar-refractivity contribution in [2.75, 3.05) is 13.7 Å². The normalized spacial score (nSPS) is 12.5. The highest BCUT2D eigenvalue weighted by Gasteiger charge is 2.23. The van der Waals surface area contributed by atoms with E-state index in [1.165, 1.54) is 26.2 Å². The highest BCUT2D eigenvalue weighted by Crippen LogP contribution is 2.25. The second-order valence-electron chi connectivity index (χ2n) is 5.02. The summed E-state index contributed by atoms with van der Waals surface area (Å²) in [6, 6.07) is 2.59. The summed E-state index contributed by atoms with van der Waals surface area (Å²) in [5, 5.41) is 0. The lowest BCUT2D eigenvalue weighted by Gasteiger charge is -2.19. The number of halogens is 1. The van der Waals surface area contributed by atoms with E-state index in [4.69, 9.17) is 10.5 Å². The molecule has 0 aromatic heterocycles. The number of nitrogens with two attached hydrogens (primary N) is 1. The maximum Gasteiger partial charge on any atom is 0.240 e. The molecule has 0 amide bonds. The van der Waals surface area contributed by atoms with Crippen LogP contribution in [0.15, 0.2) is 17.0 Å². The van der Waals surface area contributed by atoms with Gasteiger partial charge < -0.3 is 10.5 Å². The summed E-state index contributed by atoms with van der Waals surface area (Å²) in [5.41, 5.74) is 5.04. The largest absolute Gasteiger partial charge is 0.494 e. The fourth-order valence-corrected chi connectivity index (χ4v) is 2.91. The molecule has 0 spiro atoms. The smallest absolute Gasteiger partial charge is 0.240 e. The molecule has 1 aromatic rings. The number of hydrogen-bond donors (Lipinski definition) is 2. The van der Waals surface area contributed by atoms with Gasteiger partial charge in [0.1, 0.15) is 0 Å². The van der Waals surface area contributed by atoms with E-state index in [0.29, 0.717) is 0 Å². The van der Waals surface area contributed by atoms with E-state index in [9.17, 15) is 12.8 Å². The first-order chi connectivity index (χ1) is 8.58. The molecular formula is C12H19FN2O3S. The Hall–Kier alpha value is -1.18. The zero-order valence-electron chi connectivity index (χ0n) is 11.5. The van der Waals surface area contributed by atoms with Crippen LogP contribution in [-0.2, 0) is 10.0 Å². The predicted molar refractivity (Wildman–Crippen MR) is 71.1 cm³/mol. The molecule has 7 heteroatoms. The van der Waals surface area contributed by atoms with Crippen molar-refractivity contribution in [3.8, 4) is 5.75 Å². The van der Waals surface area contributed by atoms with Crippen LogP contribution in [0.3, 0.4) is 0 Å². The van der Waals surface area contributed by atoms with Crippen LogP contribution in [0.2, 0.25) is 0 Å². The molecule has 0 aliphatic carbocycles. The monoisotopic (exact) mass is 290 g/mol. The van der Waals surface area contributed by atoms with Crippen molar-refractivity contribution in [2.45, 2.75) is 31.2 Å². The maximum atomic E-state index is 13.8. The van der Waals surface area contributed by atoms with Gasteiger partial charge >= 0.3 is 0 Å². The Kier molecular flexibility index (Phi) is 4.54. The van der Waals surface area contributed by atoms with Crippen LogP contribution in [0.25, 0.3) is 0 Å². The topological polar surface area (TPSA) is 81.4 Å². The molecule has 19 heavy (non-hydrogen) atoms. The van der Waals surface area contributed by atoms with E-state index >= 15 is 0 Å². The molecule has 108 valence electrons. The molecule has 0 unspecified atom stereocenters. The summed E-state index contributed by atoms with van der Waals surface area (Å²) in [6.45, 7) is 4.83. The van der Waals surface area contributed by atoms with E-state index in [1.807, 2.05) is 0 Å². The van der Waals surface area contributed by atoms with Gasteiger partial charge in [0, 0.05) is 17.6 Å². The summed E-state index contributed by atoms with van der Waals surface area (Å²) < 4.78 is 45.1. The third-order valence-corrected chi connectivity index (χ3v) is 4.07. The van der Waals surface area contributed by atoms with Crippen molar-refractivity contribution in [1.82, 2.24) is 4.72 Å². The van der Waals surface area contributed by atoms with Gasteiger partial charge in [-0.1, -0.05) is 0 Å². The SMILES string of the molecule is COc1ccc(S(=O)(=O)NCC(C)(C)N)c(C)c1F. The number of ether oxygens (including phenoxy) is 1. The molecule has 0 atom stereocenters. The Bertz CT molecular complexity index is 565. The second-order valence-corrected chi connectivity index (χ2v) is 6.75. The Labute approximate surface area is 113 Å². The third kappa shape index (κ3) is 3.89. The lowest BCUT2D eigenvalue weighted by Crippen LogP contribution is -2.45. The Morgan fingerprint density at radius 1 is 1.42 bits per heavy atom. The summed E-state index contributed by atoms with van der Waals surface area (Å²) >= 11 is 0. The molecule has 0 saturated carbocycles. The molecule has 5 nitrogen and oxygen atoms in total. The number of nitrogens with one attached hydrogen (secondary N) is 1. The number of hydrogen-bond acceptors (Lipinski definition) is 4. The van der Waals surface area contributed by atoms with Crippen LogP contribution in [0.1, 0.15) is 19.4 Å². The van der Waals surface area contributed by atoms with Gasteiger partial charge in [0.25, 0.3) is 0 Å². The minimum absolute atomic E-state index is 0.00982. The predicted octanol–water partition coefficient (Wildman–Crippen LogP) is 1.16. The zero-order valence-corrected chi connectivity index (χ0v) is 12.3. The van der Waals surface area contributed by atoms with Gasteiger partial charge in [0.15, 0.2) is 11.6 Å². The first-order valence-corrected chi connectivity index (χ1v) is 7.18. The van der Waals surface area contributed by atoms with Gasteiger partial charge in [-0.3, -0.25) is 0 Å². The van der Waals surface area contributed by atoms with Gasteiger partial charge in [0.05, 0.1) is 12.0 Å². The fourth-order valence-electron chi connectivity index (χ4n) is 1.45. The number of sulfonamides is 1. The number of rotatable bonds is 5.